The first-order valence-electron chi connectivity index (χ1n) is 8.98. The van der Waals surface area contributed by atoms with Gasteiger partial charge in [0.25, 0.3) is 0 Å². The summed E-state index contributed by atoms with van der Waals surface area (Å²) in [4.78, 5) is 7.64. The predicted octanol–water partition coefficient (Wildman–Crippen LogP) is 4.34. The molecule has 5 rings (SSSR count). The molecule has 2 aliphatic rings. The summed E-state index contributed by atoms with van der Waals surface area (Å²) < 4.78 is 3.36. The van der Waals surface area contributed by atoms with E-state index < -0.39 is 0 Å². The SMILES string of the molecule is Brc1ccc(-c2nc3ccccn3c2CN2C3CCC2CNC3)cc1.C. The molecule has 0 radical (unpaired) electrons. The Morgan fingerprint density at radius 3 is 2.50 bits per heavy atom. The Morgan fingerprint density at radius 1 is 1.04 bits per heavy atom. The zero-order chi connectivity index (χ0) is 16.8. The second kappa shape index (κ2) is 7.14. The first kappa shape index (κ1) is 17.7. The number of hydrogen-bond acceptors (Lipinski definition) is 3. The Hall–Kier alpha value is -1.69. The molecule has 4 nitrogen and oxygen atoms in total. The number of hydrogen-bond donors (Lipinski definition) is 1. The van der Waals surface area contributed by atoms with Crippen molar-refractivity contribution in [1.29, 1.82) is 0 Å². The van der Waals surface area contributed by atoms with Crippen molar-refractivity contribution in [1.82, 2.24) is 19.6 Å². The van der Waals surface area contributed by atoms with Crippen LogP contribution in [-0.2, 0) is 6.54 Å². The standard InChI is InChI=1S/C20H21BrN4.CH4/c21-15-6-4-14(5-7-15)20-18(24-10-2-1-3-19(24)23-20)13-25-16-8-9-17(25)12-22-11-16;/h1-7,10,16-17,22H,8-9,11-13H2;1H4. The second-order valence-electron chi connectivity index (χ2n) is 7.06. The van der Waals surface area contributed by atoms with E-state index in [-0.39, 0.29) is 7.43 Å². The molecule has 1 N–H and O–H groups in total. The van der Waals surface area contributed by atoms with E-state index in [2.05, 4.69) is 79.2 Å². The molecule has 3 aromatic rings. The number of benzene rings is 1. The van der Waals surface area contributed by atoms with Crippen LogP contribution in [0.5, 0.6) is 0 Å². The lowest BCUT2D eigenvalue weighted by molar-refractivity contribution is 0.143. The Morgan fingerprint density at radius 2 is 1.77 bits per heavy atom. The Balaban J connectivity index is 0.00000168. The average Bonchev–Trinajstić information content (AvgIpc) is 3.09. The van der Waals surface area contributed by atoms with Crippen LogP contribution in [0.15, 0.2) is 53.1 Å². The zero-order valence-corrected chi connectivity index (χ0v) is 15.6. The van der Waals surface area contributed by atoms with Gasteiger partial charge in [0.2, 0.25) is 0 Å². The highest BCUT2D eigenvalue weighted by atomic mass is 79.9. The highest BCUT2D eigenvalue weighted by Crippen LogP contribution is 2.32. The van der Waals surface area contributed by atoms with Crippen LogP contribution >= 0.6 is 15.9 Å². The summed E-state index contributed by atoms with van der Waals surface area (Å²) in [6.45, 7) is 3.19. The Labute approximate surface area is 163 Å². The molecular formula is C21H25BrN4. The molecule has 2 aliphatic heterocycles. The number of pyridine rings is 1. The minimum Gasteiger partial charge on any atom is -0.314 e. The quantitative estimate of drug-likeness (QED) is 0.694. The first-order chi connectivity index (χ1) is 12.3. The van der Waals surface area contributed by atoms with Gasteiger partial charge in [0.15, 0.2) is 0 Å². The fourth-order valence-electron chi connectivity index (χ4n) is 4.34. The van der Waals surface area contributed by atoms with Crippen molar-refractivity contribution in [3.8, 4) is 11.3 Å². The van der Waals surface area contributed by atoms with E-state index in [4.69, 9.17) is 4.98 Å². The van der Waals surface area contributed by atoms with Gasteiger partial charge in [-0.2, -0.15) is 0 Å². The van der Waals surface area contributed by atoms with E-state index >= 15 is 0 Å². The third kappa shape index (κ3) is 2.98. The third-order valence-corrected chi connectivity index (χ3v) is 6.14. The highest BCUT2D eigenvalue weighted by Gasteiger charge is 2.37. The number of halogens is 1. The van der Waals surface area contributed by atoms with Crippen molar-refractivity contribution in [2.24, 2.45) is 0 Å². The van der Waals surface area contributed by atoms with Crippen LogP contribution in [0.25, 0.3) is 16.9 Å². The maximum atomic E-state index is 4.95. The number of piperazine rings is 1. The van der Waals surface area contributed by atoms with Gasteiger partial charge in [-0.25, -0.2) is 4.98 Å². The molecule has 0 spiro atoms. The number of imidazole rings is 1. The van der Waals surface area contributed by atoms with Gasteiger partial charge >= 0.3 is 0 Å². The largest absolute Gasteiger partial charge is 0.314 e. The minimum absolute atomic E-state index is 0. The monoisotopic (exact) mass is 412 g/mol. The lowest BCUT2D eigenvalue weighted by atomic mass is 10.1. The van der Waals surface area contributed by atoms with Gasteiger partial charge in [0, 0.05) is 48.0 Å². The number of nitrogens with zero attached hydrogens (tertiary/aromatic N) is 3. The van der Waals surface area contributed by atoms with Crippen molar-refractivity contribution in [3.63, 3.8) is 0 Å². The van der Waals surface area contributed by atoms with Crippen LogP contribution in [-0.4, -0.2) is 39.5 Å². The van der Waals surface area contributed by atoms with E-state index in [1.165, 1.54) is 24.1 Å². The minimum atomic E-state index is 0. The fourth-order valence-corrected chi connectivity index (χ4v) is 4.60. The van der Waals surface area contributed by atoms with E-state index in [0.29, 0.717) is 12.1 Å². The van der Waals surface area contributed by atoms with E-state index in [0.717, 1.165) is 35.4 Å². The molecule has 1 aromatic carbocycles. The predicted molar refractivity (Wildman–Crippen MR) is 110 cm³/mol. The van der Waals surface area contributed by atoms with Crippen LogP contribution < -0.4 is 5.32 Å². The molecule has 2 fully saturated rings. The maximum Gasteiger partial charge on any atom is 0.137 e. The van der Waals surface area contributed by atoms with Crippen molar-refractivity contribution in [2.45, 2.75) is 38.9 Å². The molecule has 5 heteroatoms. The normalized spacial score (nSPS) is 22.5. The van der Waals surface area contributed by atoms with Crippen molar-refractivity contribution in [3.05, 3.63) is 58.8 Å². The van der Waals surface area contributed by atoms with Crippen LogP contribution in [0.2, 0.25) is 0 Å². The average molecular weight is 413 g/mol. The number of rotatable bonds is 3. The van der Waals surface area contributed by atoms with Gasteiger partial charge in [-0.05, 0) is 37.1 Å². The van der Waals surface area contributed by atoms with E-state index in [1.807, 2.05) is 0 Å². The highest BCUT2D eigenvalue weighted by molar-refractivity contribution is 9.10. The zero-order valence-electron chi connectivity index (χ0n) is 14.0. The molecule has 2 aromatic heterocycles. The molecule has 2 atom stereocenters. The molecular weight excluding hydrogens is 388 g/mol. The summed E-state index contributed by atoms with van der Waals surface area (Å²) in [5, 5.41) is 3.58. The third-order valence-electron chi connectivity index (χ3n) is 5.61. The summed E-state index contributed by atoms with van der Waals surface area (Å²) >= 11 is 3.53. The summed E-state index contributed by atoms with van der Waals surface area (Å²) in [6.07, 6.45) is 4.76. The molecule has 0 aliphatic carbocycles. The first-order valence-corrected chi connectivity index (χ1v) is 9.77. The molecule has 0 saturated carbocycles. The molecule has 2 bridgehead atoms. The Bertz CT molecular complexity index is 886. The van der Waals surface area contributed by atoms with Gasteiger partial charge in [0.1, 0.15) is 5.65 Å². The fraction of sp³-hybridized carbons (Fsp3) is 0.381. The lowest BCUT2D eigenvalue weighted by Crippen LogP contribution is -2.51. The number of fused-ring (bicyclic) bond motifs is 3. The molecule has 26 heavy (non-hydrogen) atoms. The smallest absolute Gasteiger partial charge is 0.137 e. The molecule has 2 saturated heterocycles. The molecule has 2 unspecified atom stereocenters. The molecule has 0 amide bonds. The van der Waals surface area contributed by atoms with Gasteiger partial charge in [-0.3, -0.25) is 4.90 Å². The lowest BCUT2D eigenvalue weighted by Gasteiger charge is -2.35. The van der Waals surface area contributed by atoms with Crippen LogP contribution in [0, 0.1) is 0 Å². The molecule has 136 valence electrons. The van der Waals surface area contributed by atoms with E-state index in [9.17, 15) is 0 Å². The molecule has 4 heterocycles. The Kier molecular flexibility index (Phi) is 4.86. The summed E-state index contributed by atoms with van der Waals surface area (Å²) in [5.74, 6) is 0. The maximum absolute atomic E-state index is 4.95. The summed E-state index contributed by atoms with van der Waals surface area (Å²) in [6, 6.07) is 16.1. The van der Waals surface area contributed by atoms with Gasteiger partial charge in [0.05, 0.1) is 11.4 Å². The summed E-state index contributed by atoms with van der Waals surface area (Å²) in [5.41, 5.74) is 4.62. The van der Waals surface area contributed by atoms with Crippen molar-refractivity contribution in [2.75, 3.05) is 13.1 Å². The number of nitrogens with one attached hydrogen (secondary N) is 1. The summed E-state index contributed by atoms with van der Waals surface area (Å²) in [7, 11) is 0. The topological polar surface area (TPSA) is 32.6 Å². The van der Waals surface area contributed by atoms with Crippen molar-refractivity contribution >= 4 is 21.6 Å². The van der Waals surface area contributed by atoms with Crippen LogP contribution in [0.1, 0.15) is 26.0 Å². The van der Waals surface area contributed by atoms with Gasteiger partial charge in [-0.15, -0.1) is 0 Å². The number of aromatic nitrogens is 2. The van der Waals surface area contributed by atoms with E-state index in [1.54, 1.807) is 0 Å². The second-order valence-corrected chi connectivity index (χ2v) is 7.97. The van der Waals surface area contributed by atoms with Gasteiger partial charge in [-0.1, -0.05) is 41.6 Å². The van der Waals surface area contributed by atoms with Crippen LogP contribution in [0.4, 0.5) is 0 Å². The van der Waals surface area contributed by atoms with Crippen molar-refractivity contribution < 1.29 is 0 Å². The van der Waals surface area contributed by atoms with Gasteiger partial charge < -0.3 is 9.72 Å². The van der Waals surface area contributed by atoms with Crippen LogP contribution in [0.3, 0.4) is 0 Å².